The Bertz CT molecular complexity index is 1720. The number of hydrogen-bond donors (Lipinski definition) is 2. The lowest BCUT2D eigenvalue weighted by Gasteiger charge is -2.39. The largest absolute Gasteiger partial charge is 0.475 e. The van der Waals surface area contributed by atoms with Crippen LogP contribution < -0.4 is 15.0 Å². The maximum Gasteiger partial charge on any atom is 0.399 e. The zero-order valence-corrected chi connectivity index (χ0v) is 26.6. The third-order valence-corrected chi connectivity index (χ3v) is 8.88. The molecule has 0 aliphatic carbocycles. The number of aromatic nitrogens is 3. The highest BCUT2D eigenvalue weighted by Gasteiger charge is 2.67. The number of esters is 1. The Morgan fingerprint density at radius 1 is 1.00 bits per heavy atom. The van der Waals surface area contributed by atoms with E-state index in [1.807, 2.05) is 56.3 Å². The molecule has 2 aliphatic heterocycles. The molecule has 0 bridgehead atoms. The van der Waals surface area contributed by atoms with Gasteiger partial charge in [-0.2, -0.15) is 18.3 Å². The van der Waals surface area contributed by atoms with Gasteiger partial charge in [-0.05, 0) is 43.9 Å². The van der Waals surface area contributed by atoms with Gasteiger partial charge in [-0.25, -0.2) is 14.5 Å². The van der Waals surface area contributed by atoms with Crippen LogP contribution in [0.5, 0.6) is 5.88 Å². The summed E-state index contributed by atoms with van der Waals surface area (Å²) in [6.07, 6.45) is -2.74. The molecule has 4 heterocycles. The van der Waals surface area contributed by atoms with Gasteiger partial charge in [0.2, 0.25) is 5.88 Å². The Hall–Kier alpha value is -4.91. The minimum Gasteiger partial charge on any atom is -0.475 e. The van der Waals surface area contributed by atoms with E-state index in [2.05, 4.69) is 19.9 Å². The maximum absolute atomic E-state index is 15.2. The molecule has 48 heavy (non-hydrogen) atoms. The fourth-order valence-electron chi connectivity index (χ4n) is 6.70. The molecule has 10 nitrogen and oxygen atoms in total. The Morgan fingerprint density at radius 2 is 1.60 bits per heavy atom. The van der Waals surface area contributed by atoms with E-state index in [4.69, 9.17) is 9.84 Å². The van der Waals surface area contributed by atoms with E-state index < -0.39 is 47.1 Å². The van der Waals surface area contributed by atoms with Crippen molar-refractivity contribution >= 4 is 23.4 Å². The number of methoxy groups -OCH3 is 1. The summed E-state index contributed by atoms with van der Waals surface area (Å²) in [5.74, 6) is -6.40. The third-order valence-electron chi connectivity index (χ3n) is 8.88. The second kappa shape index (κ2) is 12.9. The van der Waals surface area contributed by atoms with Crippen LogP contribution in [0, 0.1) is 0 Å². The molecular formula is C35H36F3N5O5. The van der Waals surface area contributed by atoms with Crippen LogP contribution in [0.25, 0.3) is 0 Å². The molecule has 0 saturated carbocycles. The number of halogens is 3. The number of ether oxygens (including phenoxy) is 2. The fraction of sp³-hybridized carbons (Fsp3) is 0.371. The van der Waals surface area contributed by atoms with Gasteiger partial charge in [-0.1, -0.05) is 60.7 Å². The molecule has 0 radical (unpaired) electrons. The molecule has 0 spiro atoms. The molecule has 6 rings (SSSR count). The summed E-state index contributed by atoms with van der Waals surface area (Å²) in [5, 5.41) is 18.6. The number of piperidine rings is 1. The van der Waals surface area contributed by atoms with Crippen LogP contribution in [0.4, 0.5) is 24.7 Å². The second-order valence-electron chi connectivity index (χ2n) is 12.3. The lowest BCUT2D eigenvalue weighted by Crippen LogP contribution is -2.61. The lowest BCUT2D eigenvalue weighted by atomic mass is 9.75. The zero-order chi connectivity index (χ0) is 34.2. The van der Waals surface area contributed by atoms with E-state index in [-0.39, 0.29) is 17.6 Å². The van der Waals surface area contributed by atoms with Crippen molar-refractivity contribution in [3.05, 3.63) is 101 Å². The minimum absolute atomic E-state index is 0.0321. The van der Waals surface area contributed by atoms with Crippen LogP contribution in [0.1, 0.15) is 67.0 Å². The number of hydrogen-bond acceptors (Lipinski definition) is 8. The smallest absolute Gasteiger partial charge is 0.399 e. The van der Waals surface area contributed by atoms with E-state index in [9.17, 15) is 14.7 Å². The van der Waals surface area contributed by atoms with Crippen LogP contribution in [0.2, 0.25) is 0 Å². The average molecular weight is 664 g/mol. The lowest BCUT2D eigenvalue weighted by molar-refractivity contribution is -0.210. The van der Waals surface area contributed by atoms with Crippen LogP contribution in [-0.4, -0.2) is 69.8 Å². The Morgan fingerprint density at radius 3 is 2.10 bits per heavy atom. The average Bonchev–Trinajstić information content (AvgIpc) is 3.42. The molecule has 252 valence electrons. The summed E-state index contributed by atoms with van der Waals surface area (Å²) in [5.41, 5.74) is -1.69. The molecule has 1 fully saturated rings. The highest BCUT2D eigenvalue weighted by molar-refractivity contribution is 6.14. The maximum atomic E-state index is 15.2. The van der Waals surface area contributed by atoms with E-state index in [1.165, 1.54) is 4.68 Å². The molecular weight excluding hydrogens is 627 g/mol. The van der Waals surface area contributed by atoms with Gasteiger partial charge in [-0.3, -0.25) is 4.79 Å². The summed E-state index contributed by atoms with van der Waals surface area (Å²) in [4.78, 5) is 32.7. The molecule has 2 aromatic carbocycles. The number of carbonyl (C=O) groups is 2. The predicted octanol–water partition coefficient (Wildman–Crippen LogP) is 5.59. The number of nitrogens with one attached hydrogen (secondary N) is 1. The van der Waals surface area contributed by atoms with Crippen LogP contribution in [0.3, 0.4) is 0 Å². The number of nitrogens with zero attached hydrogens (tertiary/aromatic N) is 4. The number of aliphatic hydroxyl groups is 1. The van der Waals surface area contributed by atoms with Gasteiger partial charge >= 0.3 is 12.1 Å². The summed E-state index contributed by atoms with van der Waals surface area (Å²) in [6, 6.07) is 21.1. The fourth-order valence-corrected chi connectivity index (χ4v) is 6.70. The van der Waals surface area contributed by atoms with Gasteiger partial charge in [0.1, 0.15) is 17.8 Å². The molecule has 2 unspecified atom stereocenters. The van der Waals surface area contributed by atoms with Crippen molar-refractivity contribution < 1.29 is 37.3 Å². The van der Waals surface area contributed by atoms with E-state index in [1.54, 1.807) is 36.5 Å². The number of benzene rings is 2. The summed E-state index contributed by atoms with van der Waals surface area (Å²) < 4.78 is 57.1. The van der Waals surface area contributed by atoms with E-state index >= 15 is 13.2 Å². The quantitative estimate of drug-likeness (QED) is 0.185. The number of pyridine rings is 1. The van der Waals surface area contributed by atoms with E-state index in [0.717, 1.165) is 12.8 Å². The van der Waals surface area contributed by atoms with Crippen LogP contribution >= 0.6 is 0 Å². The second-order valence-corrected chi connectivity index (χ2v) is 12.3. The molecule has 2 atom stereocenters. The van der Waals surface area contributed by atoms with Gasteiger partial charge in [0, 0.05) is 30.6 Å². The number of rotatable bonds is 8. The van der Waals surface area contributed by atoms with Crippen LogP contribution in [0.15, 0.2) is 79.0 Å². The molecule has 2 N–H and O–H groups in total. The number of amides is 1. The van der Waals surface area contributed by atoms with Crippen molar-refractivity contribution in [2.75, 3.05) is 30.4 Å². The van der Waals surface area contributed by atoms with Crippen molar-refractivity contribution in [3.8, 4) is 5.88 Å². The number of alkyl halides is 3. The minimum atomic E-state index is -5.22. The molecule has 13 heteroatoms. The first-order valence-electron chi connectivity index (χ1n) is 15.7. The number of carbonyl (C=O) groups excluding carboxylic acids is 2. The highest BCUT2D eigenvalue weighted by atomic mass is 19.4. The van der Waals surface area contributed by atoms with Crippen molar-refractivity contribution in [2.45, 2.75) is 62.4 Å². The summed E-state index contributed by atoms with van der Waals surface area (Å²) in [7, 11) is 0.827. The van der Waals surface area contributed by atoms with Gasteiger partial charge in [0.15, 0.2) is 0 Å². The predicted molar refractivity (Wildman–Crippen MR) is 171 cm³/mol. The topological polar surface area (TPSA) is 119 Å². The monoisotopic (exact) mass is 663 g/mol. The molecule has 2 aromatic heterocycles. The summed E-state index contributed by atoms with van der Waals surface area (Å²) in [6.45, 7) is 4.76. The summed E-state index contributed by atoms with van der Waals surface area (Å²) >= 11 is 0. The first-order chi connectivity index (χ1) is 22.9. The van der Waals surface area contributed by atoms with E-state index in [0.29, 0.717) is 42.9 Å². The molecule has 4 aromatic rings. The highest BCUT2D eigenvalue weighted by Crippen LogP contribution is 2.53. The van der Waals surface area contributed by atoms with Gasteiger partial charge in [0.25, 0.3) is 11.5 Å². The van der Waals surface area contributed by atoms with Crippen molar-refractivity contribution in [2.24, 2.45) is 0 Å². The third kappa shape index (κ3) is 5.98. The van der Waals surface area contributed by atoms with Crippen molar-refractivity contribution in [3.63, 3.8) is 0 Å². The Balaban J connectivity index is 1.47. The van der Waals surface area contributed by atoms with Crippen molar-refractivity contribution in [1.82, 2.24) is 14.8 Å². The van der Waals surface area contributed by atoms with Gasteiger partial charge in [0.05, 0.1) is 30.8 Å². The molecule has 2 aliphatic rings. The SMILES string of the molecule is COC(=O)C1(O)C(=O)Nc2c(c(C3CCN(c4ccc(OC(C)C)nc4)CC3)nn2C(c2ccccc2)c2ccccc2)C1C(F)(F)F. The number of fused-ring (bicyclic) bond motifs is 1. The number of anilines is 2. The molecule has 1 saturated heterocycles. The first kappa shape index (κ1) is 33.0. The van der Waals surface area contributed by atoms with Crippen LogP contribution in [-0.2, 0) is 14.3 Å². The van der Waals surface area contributed by atoms with Crippen molar-refractivity contribution in [1.29, 1.82) is 0 Å². The van der Waals surface area contributed by atoms with Gasteiger partial charge < -0.3 is 24.8 Å². The van der Waals surface area contributed by atoms with Gasteiger partial charge in [-0.15, -0.1) is 0 Å². The zero-order valence-electron chi connectivity index (χ0n) is 26.6. The normalized spacial score (nSPS) is 20.1. The first-order valence-corrected chi connectivity index (χ1v) is 15.7. The Kier molecular flexibility index (Phi) is 8.90. The Labute approximate surface area is 275 Å². The standard InChI is InChI=1S/C35H36F3N5O5/c1-21(2)48-26-15-14-25(20-39-26)42-18-16-22(17-19-42)28-27-30(35(36,37)38)34(46,33(45)47-3)32(44)40-31(27)43(41-28)29(23-10-6-4-7-11-23)24-12-8-5-9-13-24/h4-15,20-22,29-30,46H,16-19H2,1-3H3,(H,40,44). The molecule has 1 amide bonds.